The molecule has 0 fully saturated rings. The van der Waals surface area contributed by atoms with E-state index in [9.17, 15) is 13.2 Å². The van der Waals surface area contributed by atoms with Gasteiger partial charge in [-0.1, -0.05) is 0 Å². The molecule has 0 unspecified atom stereocenters. The van der Waals surface area contributed by atoms with Crippen LogP contribution in [0.1, 0.15) is 20.3 Å². The third-order valence-electron chi connectivity index (χ3n) is 2.72. The van der Waals surface area contributed by atoms with Crippen molar-refractivity contribution in [2.24, 2.45) is 0 Å². The van der Waals surface area contributed by atoms with Crippen LogP contribution in [0.4, 0.5) is 0 Å². The number of aryl methyl sites for hydroxylation is 1. The molecule has 20 heavy (non-hydrogen) atoms. The van der Waals surface area contributed by atoms with Gasteiger partial charge in [0.25, 0.3) is 0 Å². The Balaban J connectivity index is 2.71. The Kier molecular flexibility index (Phi) is 5.60. The highest BCUT2D eigenvalue weighted by Gasteiger charge is 2.22. The van der Waals surface area contributed by atoms with E-state index in [0.717, 1.165) is 0 Å². The SMILES string of the molecule is CSC(C)(C)CNS(=O)(=O)c1cnn(CCC(=O)O)c1. The maximum Gasteiger partial charge on any atom is 0.305 e. The number of hydrogen-bond donors (Lipinski definition) is 2. The second-order valence-electron chi connectivity index (χ2n) is 4.87. The number of thioether (sulfide) groups is 1. The molecule has 0 atom stereocenters. The molecule has 114 valence electrons. The fourth-order valence-electron chi connectivity index (χ4n) is 1.24. The van der Waals surface area contributed by atoms with Gasteiger partial charge in [-0.2, -0.15) is 16.9 Å². The summed E-state index contributed by atoms with van der Waals surface area (Å²) >= 11 is 1.57. The number of carboxylic acids is 1. The summed E-state index contributed by atoms with van der Waals surface area (Å²) in [5.74, 6) is -0.954. The van der Waals surface area contributed by atoms with E-state index in [0.29, 0.717) is 6.54 Å². The molecular formula is C11H19N3O4S2. The number of hydrogen-bond acceptors (Lipinski definition) is 5. The third kappa shape index (κ3) is 5.14. The summed E-state index contributed by atoms with van der Waals surface area (Å²) in [6, 6.07) is 0. The average Bonchev–Trinajstić information content (AvgIpc) is 2.84. The van der Waals surface area contributed by atoms with Crippen LogP contribution in [0.25, 0.3) is 0 Å². The predicted octanol–water partition coefficient (Wildman–Crippen LogP) is 0.778. The number of nitrogens with zero attached hydrogens (tertiary/aromatic N) is 2. The Morgan fingerprint density at radius 1 is 1.55 bits per heavy atom. The molecule has 0 radical (unpaired) electrons. The fraction of sp³-hybridized carbons (Fsp3) is 0.636. The molecule has 0 saturated carbocycles. The van der Waals surface area contributed by atoms with E-state index in [2.05, 4.69) is 9.82 Å². The zero-order valence-corrected chi connectivity index (χ0v) is 13.3. The Morgan fingerprint density at radius 2 is 2.20 bits per heavy atom. The lowest BCUT2D eigenvalue weighted by molar-refractivity contribution is -0.137. The topological polar surface area (TPSA) is 101 Å². The number of rotatable bonds is 8. The van der Waals surface area contributed by atoms with Crippen LogP contribution in [-0.4, -0.2) is 46.8 Å². The van der Waals surface area contributed by atoms with Crippen molar-refractivity contribution in [3.63, 3.8) is 0 Å². The van der Waals surface area contributed by atoms with Gasteiger partial charge >= 0.3 is 5.97 Å². The molecule has 0 aliphatic heterocycles. The lowest BCUT2D eigenvalue weighted by Gasteiger charge is -2.21. The molecule has 9 heteroatoms. The molecule has 1 heterocycles. The molecule has 1 aromatic heterocycles. The summed E-state index contributed by atoms with van der Waals surface area (Å²) < 4.78 is 27.7. The Labute approximate surface area is 122 Å². The number of sulfonamides is 1. The monoisotopic (exact) mass is 321 g/mol. The number of aromatic nitrogens is 2. The van der Waals surface area contributed by atoms with Crippen LogP contribution in [0.5, 0.6) is 0 Å². The van der Waals surface area contributed by atoms with Gasteiger partial charge in [-0.15, -0.1) is 0 Å². The van der Waals surface area contributed by atoms with Crippen LogP contribution in [0.2, 0.25) is 0 Å². The van der Waals surface area contributed by atoms with Gasteiger partial charge in [-0.3, -0.25) is 9.48 Å². The first-order chi connectivity index (χ1) is 9.16. The van der Waals surface area contributed by atoms with Gasteiger partial charge in [0.2, 0.25) is 10.0 Å². The summed E-state index contributed by atoms with van der Waals surface area (Å²) in [7, 11) is -3.62. The molecule has 0 bridgehead atoms. The normalized spacial score (nSPS) is 12.6. The van der Waals surface area contributed by atoms with Crippen LogP contribution < -0.4 is 4.72 Å². The van der Waals surface area contributed by atoms with E-state index in [4.69, 9.17) is 5.11 Å². The summed E-state index contributed by atoms with van der Waals surface area (Å²) in [6.07, 6.45) is 4.36. The van der Waals surface area contributed by atoms with Crippen LogP contribution >= 0.6 is 11.8 Å². The molecule has 0 aromatic carbocycles. The van der Waals surface area contributed by atoms with Crippen molar-refractivity contribution in [3.8, 4) is 0 Å². The third-order valence-corrected chi connectivity index (χ3v) is 5.32. The van der Waals surface area contributed by atoms with E-state index in [1.165, 1.54) is 17.1 Å². The van der Waals surface area contributed by atoms with Crippen molar-refractivity contribution in [3.05, 3.63) is 12.4 Å². The van der Waals surface area contributed by atoms with Crippen molar-refractivity contribution in [1.82, 2.24) is 14.5 Å². The summed E-state index contributed by atoms with van der Waals surface area (Å²) in [5, 5.41) is 12.4. The Hall–Kier alpha value is -1.06. The van der Waals surface area contributed by atoms with Crippen LogP contribution in [0.3, 0.4) is 0 Å². The molecule has 0 amide bonds. The molecule has 0 aliphatic carbocycles. The average molecular weight is 321 g/mol. The second-order valence-corrected chi connectivity index (χ2v) is 8.15. The molecule has 1 aromatic rings. The molecule has 0 spiro atoms. The fourth-order valence-corrected chi connectivity index (χ4v) is 2.71. The number of carboxylic acid groups (broad SMARTS) is 1. The lowest BCUT2D eigenvalue weighted by Crippen LogP contribution is -2.35. The largest absolute Gasteiger partial charge is 0.481 e. The van der Waals surface area contributed by atoms with Crippen molar-refractivity contribution in [2.45, 2.75) is 36.5 Å². The van der Waals surface area contributed by atoms with E-state index in [1.807, 2.05) is 20.1 Å². The van der Waals surface area contributed by atoms with E-state index >= 15 is 0 Å². The minimum atomic E-state index is -3.62. The number of carbonyl (C=O) groups is 1. The molecule has 1 rings (SSSR count). The maximum absolute atomic E-state index is 12.1. The molecule has 2 N–H and O–H groups in total. The minimum absolute atomic E-state index is 0.0415. The van der Waals surface area contributed by atoms with Gasteiger partial charge in [-0.05, 0) is 20.1 Å². The number of nitrogens with one attached hydrogen (secondary N) is 1. The first kappa shape index (κ1) is 17.0. The van der Waals surface area contributed by atoms with Gasteiger partial charge < -0.3 is 5.11 Å². The van der Waals surface area contributed by atoms with Crippen molar-refractivity contribution < 1.29 is 18.3 Å². The van der Waals surface area contributed by atoms with Gasteiger partial charge in [0, 0.05) is 17.5 Å². The molecule has 0 saturated heterocycles. The van der Waals surface area contributed by atoms with Crippen molar-refractivity contribution in [2.75, 3.05) is 12.8 Å². The highest BCUT2D eigenvalue weighted by atomic mass is 32.2. The molecule has 0 aliphatic rings. The van der Waals surface area contributed by atoms with Crippen LogP contribution in [0, 0.1) is 0 Å². The first-order valence-electron chi connectivity index (χ1n) is 5.95. The van der Waals surface area contributed by atoms with Gasteiger partial charge in [0.15, 0.2) is 0 Å². The van der Waals surface area contributed by atoms with Gasteiger partial charge in [0.05, 0.1) is 19.2 Å². The van der Waals surface area contributed by atoms with Crippen LogP contribution in [0.15, 0.2) is 17.3 Å². The standard InChI is InChI=1S/C11H19N3O4S2/c1-11(2,19-3)8-13-20(17,18)9-6-12-14(7-9)5-4-10(15)16/h6-7,13H,4-5,8H2,1-3H3,(H,15,16). The van der Waals surface area contributed by atoms with E-state index in [1.54, 1.807) is 11.8 Å². The second kappa shape index (κ2) is 6.59. The van der Waals surface area contributed by atoms with Crippen molar-refractivity contribution in [1.29, 1.82) is 0 Å². The highest BCUT2D eigenvalue weighted by molar-refractivity contribution is 8.00. The molecule has 7 nitrogen and oxygen atoms in total. The lowest BCUT2D eigenvalue weighted by atomic mass is 10.2. The quantitative estimate of drug-likeness (QED) is 0.733. The summed E-state index contributed by atoms with van der Waals surface area (Å²) in [5.41, 5.74) is 0. The minimum Gasteiger partial charge on any atom is -0.481 e. The summed E-state index contributed by atoms with van der Waals surface area (Å²) in [6.45, 7) is 4.32. The predicted molar refractivity (Wildman–Crippen MR) is 77.3 cm³/mol. The number of aliphatic carboxylic acids is 1. The highest BCUT2D eigenvalue weighted by Crippen LogP contribution is 2.20. The van der Waals surface area contributed by atoms with E-state index < -0.39 is 16.0 Å². The Bertz CT molecular complexity index is 566. The summed E-state index contributed by atoms with van der Waals surface area (Å²) in [4.78, 5) is 10.5. The van der Waals surface area contributed by atoms with Crippen molar-refractivity contribution >= 4 is 27.8 Å². The molecular weight excluding hydrogens is 302 g/mol. The first-order valence-corrected chi connectivity index (χ1v) is 8.66. The van der Waals surface area contributed by atoms with Crippen LogP contribution in [-0.2, 0) is 21.4 Å². The maximum atomic E-state index is 12.1. The Morgan fingerprint density at radius 3 is 2.75 bits per heavy atom. The smallest absolute Gasteiger partial charge is 0.305 e. The zero-order chi connectivity index (χ0) is 15.4. The zero-order valence-electron chi connectivity index (χ0n) is 11.7. The van der Waals surface area contributed by atoms with Gasteiger partial charge in [0.1, 0.15) is 4.90 Å². The van der Waals surface area contributed by atoms with Gasteiger partial charge in [-0.25, -0.2) is 13.1 Å². The van der Waals surface area contributed by atoms with E-state index in [-0.39, 0.29) is 22.6 Å².